The molecule has 1 aliphatic rings. The molecule has 0 saturated carbocycles. The van der Waals surface area contributed by atoms with Crippen LogP contribution in [0.1, 0.15) is 50.6 Å². The van der Waals surface area contributed by atoms with Crippen molar-refractivity contribution in [2.45, 2.75) is 66.0 Å². The van der Waals surface area contributed by atoms with E-state index in [4.69, 9.17) is 0 Å². The second-order valence-corrected chi connectivity index (χ2v) is 7.96. The number of hydrogen-bond donors (Lipinski definition) is 2. The van der Waals surface area contributed by atoms with Crippen molar-refractivity contribution in [1.82, 2.24) is 25.3 Å². The zero-order chi connectivity index (χ0) is 18.6. The molecular formula is C19H35N5O. The van der Waals surface area contributed by atoms with Crippen molar-refractivity contribution in [3.63, 3.8) is 0 Å². The Morgan fingerprint density at radius 2 is 1.88 bits per heavy atom. The molecule has 0 aliphatic carbocycles. The van der Waals surface area contributed by atoms with Gasteiger partial charge in [-0.1, -0.05) is 13.8 Å². The maximum Gasteiger partial charge on any atom is 0.315 e. The molecule has 6 heteroatoms. The van der Waals surface area contributed by atoms with Crippen LogP contribution in [0.25, 0.3) is 0 Å². The molecule has 0 bridgehead atoms. The molecule has 2 amide bonds. The molecule has 1 aliphatic heterocycles. The van der Waals surface area contributed by atoms with Crippen molar-refractivity contribution in [2.24, 2.45) is 13.0 Å². The second kappa shape index (κ2) is 8.70. The van der Waals surface area contributed by atoms with Gasteiger partial charge in [0, 0.05) is 44.5 Å². The Balaban J connectivity index is 1.75. The van der Waals surface area contributed by atoms with Crippen LogP contribution >= 0.6 is 0 Å². The number of urea groups is 1. The summed E-state index contributed by atoms with van der Waals surface area (Å²) in [7, 11) is 1.96. The molecule has 0 radical (unpaired) electrons. The molecule has 0 spiro atoms. The van der Waals surface area contributed by atoms with Crippen molar-refractivity contribution in [3.05, 3.63) is 17.0 Å². The largest absolute Gasteiger partial charge is 0.335 e. The van der Waals surface area contributed by atoms with Gasteiger partial charge in [-0.2, -0.15) is 5.10 Å². The van der Waals surface area contributed by atoms with Gasteiger partial charge in [0.15, 0.2) is 0 Å². The third-order valence-corrected chi connectivity index (χ3v) is 5.09. The fourth-order valence-electron chi connectivity index (χ4n) is 3.70. The molecule has 1 unspecified atom stereocenters. The lowest BCUT2D eigenvalue weighted by atomic mass is 10.0. The molecule has 1 aromatic heterocycles. The standard InChI is InChI=1S/C19H35N5O/c1-13(2)12-24-9-7-17(8-10-24)21-19(25)20-14(3)11-18-15(4)22-23(6)16(18)5/h13-14,17H,7-12H2,1-6H3,(H2,20,21,25). The van der Waals surface area contributed by atoms with E-state index < -0.39 is 0 Å². The van der Waals surface area contributed by atoms with Gasteiger partial charge < -0.3 is 15.5 Å². The third-order valence-electron chi connectivity index (χ3n) is 5.09. The Hall–Kier alpha value is -1.56. The summed E-state index contributed by atoms with van der Waals surface area (Å²) in [6.45, 7) is 14.0. The van der Waals surface area contributed by atoms with Gasteiger partial charge in [0.1, 0.15) is 0 Å². The second-order valence-electron chi connectivity index (χ2n) is 7.96. The molecule has 6 nitrogen and oxygen atoms in total. The summed E-state index contributed by atoms with van der Waals surface area (Å²) in [6.07, 6.45) is 2.89. The number of nitrogens with one attached hydrogen (secondary N) is 2. The smallest absolute Gasteiger partial charge is 0.315 e. The van der Waals surface area contributed by atoms with E-state index >= 15 is 0 Å². The van der Waals surface area contributed by atoms with Gasteiger partial charge in [-0.05, 0) is 51.5 Å². The Bertz CT molecular complexity index is 573. The van der Waals surface area contributed by atoms with Crippen LogP contribution in [0.2, 0.25) is 0 Å². The number of carbonyl (C=O) groups excluding carboxylic acids is 1. The van der Waals surface area contributed by atoms with Crippen LogP contribution in [0.5, 0.6) is 0 Å². The first-order valence-corrected chi connectivity index (χ1v) is 9.54. The van der Waals surface area contributed by atoms with Crippen LogP contribution in [0, 0.1) is 19.8 Å². The Morgan fingerprint density at radius 3 is 2.40 bits per heavy atom. The SMILES string of the molecule is Cc1nn(C)c(C)c1CC(C)NC(=O)NC1CCN(CC(C)C)CC1. The quantitative estimate of drug-likeness (QED) is 0.829. The Kier molecular flexibility index (Phi) is 6.87. The zero-order valence-corrected chi connectivity index (χ0v) is 16.7. The first-order valence-electron chi connectivity index (χ1n) is 9.54. The highest BCUT2D eigenvalue weighted by atomic mass is 16.2. The highest BCUT2D eigenvalue weighted by Gasteiger charge is 2.22. The van der Waals surface area contributed by atoms with Gasteiger partial charge >= 0.3 is 6.03 Å². The van der Waals surface area contributed by atoms with E-state index in [1.165, 1.54) is 11.3 Å². The van der Waals surface area contributed by atoms with Crippen molar-refractivity contribution in [1.29, 1.82) is 0 Å². The molecule has 0 aromatic carbocycles. The normalized spacial score (nSPS) is 17.7. The summed E-state index contributed by atoms with van der Waals surface area (Å²) < 4.78 is 1.91. The lowest BCUT2D eigenvalue weighted by molar-refractivity contribution is 0.177. The van der Waals surface area contributed by atoms with E-state index in [2.05, 4.69) is 48.3 Å². The van der Waals surface area contributed by atoms with Gasteiger partial charge in [0.25, 0.3) is 0 Å². The molecule has 2 heterocycles. The summed E-state index contributed by atoms with van der Waals surface area (Å²) >= 11 is 0. The van der Waals surface area contributed by atoms with Crippen molar-refractivity contribution >= 4 is 6.03 Å². The van der Waals surface area contributed by atoms with Gasteiger partial charge in [0.05, 0.1) is 5.69 Å². The number of carbonyl (C=O) groups is 1. The summed E-state index contributed by atoms with van der Waals surface area (Å²) in [5, 5.41) is 10.7. The van der Waals surface area contributed by atoms with Crippen LogP contribution in [0.4, 0.5) is 4.79 Å². The molecule has 2 N–H and O–H groups in total. The minimum Gasteiger partial charge on any atom is -0.335 e. The zero-order valence-electron chi connectivity index (χ0n) is 16.7. The number of hydrogen-bond acceptors (Lipinski definition) is 3. The minimum absolute atomic E-state index is 0.0472. The lowest BCUT2D eigenvalue weighted by Gasteiger charge is -2.33. The predicted molar refractivity (Wildman–Crippen MR) is 102 cm³/mol. The highest BCUT2D eigenvalue weighted by Crippen LogP contribution is 2.15. The summed E-state index contributed by atoms with van der Waals surface area (Å²) in [5.74, 6) is 0.702. The van der Waals surface area contributed by atoms with Gasteiger partial charge in [0.2, 0.25) is 0 Å². The molecule has 1 saturated heterocycles. The van der Waals surface area contributed by atoms with Gasteiger partial charge in [-0.3, -0.25) is 4.68 Å². The number of nitrogens with zero attached hydrogens (tertiary/aromatic N) is 3. The first-order chi connectivity index (χ1) is 11.8. The molecular weight excluding hydrogens is 314 g/mol. The van der Waals surface area contributed by atoms with Crippen LogP contribution in [-0.2, 0) is 13.5 Å². The van der Waals surface area contributed by atoms with E-state index in [0.717, 1.165) is 44.6 Å². The number of likely N-dealkylation sites (tertiary alicyclic amines) is 1. The fourth-order valence-corrected chi connectivity index (χ4v) is 3.70. The van der Waals surface area contributed by atoms with Crippen molar-refractivity contribution in [3.8, 4) is 0 Å². The van der Waals surface area contributed by atoms with Crippen LogP contribution in [0.3, 0.4) is 0 Å². The molecule has 1 aromatic rings. The van der Waals surface area contributed by atoms with Crippen molar-refractivity contribution in [2.75, 3.05) is 19.6 Å². The summed E-state index contributed by atoms with van der Waals surface area (Å²) in [5.41, 5.74) is 3.45. The average molecular weight is 350 g/mol. The van der Waals surface area contributed by atoms with Crippen LogP contribution < -0.4 is 10.6 Å². The topological polar surface area (TPSA) is 62.2 Å². The number of amides is 2. The number of aryl methyl sites for hydroxylation is 2. The number of aromatic nitrogens is 2. The summed E-state index contributed by atoms with van der Waals surface area (Å²) in [6, 6.07) is 0.328. The molecule has 1 fully saturated rings. The minimum atomic E-state index is -0.0472. The lowest BCUT2D eigenvalue weighted by Crippen LogP contribution is -2.50. The molecule has 25 heavy (non-hydrogen) atoms. The first kappa shape index (κ1) is 19.8. The van der Waals surface area contributed by atoms with Gasteiger partial charge in [-0.15, -0.1) is 0 Å². The van der Waals surface area contributed by atoms with Crippen LogP contribution in [-0.4, -0.2) is 52.4 Å². The number of piperidine rings is 1. The highest BCUT2D eigenvalue weighted by molar-refractivity contribution is 5.74. The molecule has 1 atom stereocenters. The van der Waals surface area contributed by atoms with E-state index in [1.807, 2.05) is 18.7 Å². The maximum atomic E-state index is 12.3. The summed E-state index contributed by atoms with van der Waals surface area (Å²) in [4.78, 5) is 14.8. The Morgan fingerprint density at radius 1 is 1.24 bits per heavy atom. The van der Waals surface area contributed by atoms with E-state index in [9.17, 15) is 4.79 Å². The monoisotopic (exact) mass is 349 g/mol. The Labute approximate surface area is 152 Å². The van der Waals surface area contributed by atoms with Gasteiger partial charge in [-0.25, -0.2) is 4.79 Å². The van der Waals surface area contributed by atoms with E-state index in [0.29, 0.717) is 5.92 Å². The van der Waals surface area contributed by atoms with Crippen molar-refractivity contribution < 1.29 is 4.79 Å². The van der Waals surface area contributed by atoms with Crippen LogP contribution in [0.15, 0.2) is 0 Å². The fraction of sp³-hybridized carbons (Fsp3) is 0.789. The maximum absolute atomic E-state index is 12.3. The van der Waals surface area contributed by atoms with E-state index in [-0.39, 0.29) is 18.1 Å². The molecule has 2 rings (SSSR count). The predicted octanol–water partition coefficient (Wildman–Crippen LogP) is 2.39. The van der Waals surface area contributed by atoms with E-state index in [1.54, 1.807) is 0 Å². The molecule has 142 valence electrons. The third kappa shape index (κ3) is 5.73. The number of rotatable bonds is 6. The average Bonchev–Trinajstić information content (AvgIpc) is 2.75.